The second-order valence-electron chi connectivity index (χ2n) is 6.71. The predicted molar refractivity (Wildman–Crippen MR) is 91.6 cm³/mol. The Balaban J connectivity index is 1.86. The number of aromatic nitrogens is 1. The van der Waals surface area contributed by atoms with Crippen molar-refractivity contribution in [2.75, 3.05) is 20.1 Å². The van der Waals surface area contributed by atoms with Gasteiger partial charge in [-0.2, -0.15) is 0 Å². The minimum atomic E-state index is -0.0639. The Labute approximate surface area is 139 Å². The predicted octanol–water partition coefficient (Wildman–Crippen LogP) is 2.49. The average molecular weight is 319 g/mol. The van der Waals surface area contributed by atoms with E-state index in [0.29, 0.717) is 0 Å². The van der Waals surface area contributed by atoms with E-state index in [1.54, 1.807) is 6.20 Å². The highest BCUT2D eigenvalue weighted by Gasteiger charge is 2.29. The third kappa shape index (κ3) is 4.44. The number of ether oxygens (including phenoxy) is 1. The van der Waals surface area contributed by atoms with Crippen LogP contribution in [0, 0.1) is 6.92 Å². The summed E-state index contributed by atoms with van der Waals surface area (Å²) >= 11 is 0. The zero-order chi connectivity index (χ0) is 17.0. The van der Waals surface area contributed by atoms with Crippen molar-refractivity contribution in [2.45, 2.75) is 58.7 Å². The Morgan fingerprint density at radius 2 is 2.00 bits per heavy atom. The monoisotopic (exact) mass is 319 g/mol. The number of hydrogen-bond acceptors (Lipinski definition) is 4. The van der Waals surface area contributed by atoms with Crippen LogP contribution in [0.1, 0.15) is 39.2 Å². The minimum Gasteiger partial charge on any atom is -0.490 e. The van der Waals surface area contributed by atoms with Gasteiger partial charge < -0.3 is 9.64 Å². The average Bonchev–Trinajstić information content (AvgIpc) is 2.55. The summed E-state index contributed by atoms with van der Waals surface area (Å²) in [5.41, 5.74) is 1.07. The van der Waals surface area contributed by atoms with Gasteiger partial charge in [0, 0.05) is 44.1 Å². The van der Waals surface area contributed by atoms with Crippen LogP contribution in [0.5, 0.6) is 5.75 Å². The Hall–Kier alpha value is -1.62. The number of carbonyl (C=O) groups is 1. The number of aryl methyl sites for hydroxylation is 1. The van der Waals surface area contributed by atoms with Gasteiger partial charge in [0.2, 0.25) is 5.91 Å². The highest BCUT2D eigenvalue weighted by atomic mass is 16.5. The number of rotatable bonds is 5. The number of nitrogens with zero attached hydrogens (tertiary/aromatic N) is 3. The van der Waals surface area contributed by atoms with E-state index in [-0.39, 0.29) is 24.1 Å². The van der Waals surface area contributed by atoms with Crippen molar-refractivity contribution in [2.24, 2.45) is 0 Å². The molecule has 0 spiro atoms. The third-order valence-corrected chi connectivity index (χ3v) is 4.77. The molecular formula is C18H29N3O2. The summed E-state index contributed by atoms with van der Waals surface area (Å²) in [5.74, 6) is 1.12. The molecule has 0 aliphatic carbocycles. The largest absolute Gasteiger partial charge is 0.490 e. The standard InChI is InChI=1S/C18H29N3O2/c1-13(2)20(5)18(22)15(4)21-10-7-16(8-11-21)23-17-6-9-19-12-14(17)3/h6,9,12-13,15-16H,7-8,10-11H2,1-5H3. The third-order valence-electron chi connectivity index (χ3n) is 4.77. The van der Waals surface area contributed by atoms with Gasteiger partial charge >= 0.3 is 0 Å². The van der Waals surface area contributed by atoms with Crippen molar-refractivity contribution in [1.29, 1.82) is 0 Å². The summed E-state index contributed by atoms with van der Waals surface area (Å²) in [5, 5.41) is 0. The molecule has 0 radical (unpaired) electrons. The van der Waals surface area contributed by atoms with E-state index in [1.165, 1.54) is 0 Å². The first-order valence-electron chi connectivity index (χ1n) is 8.48. The first kappa shape index (κ1) is 17.7. The van der Waals surface area contributed by atoms with E-state index < -0.39 is 0 Å². The highest BCUT2D eigenvalue weighted by Crippen LogP contribution is 2.22. The molecule has 0 bridgehead atoms. The topological polar surface area (TPSA) is 45.7 Å². The molecule has 2 rings (SSSR count). The maximum atomic E-state index is 12.4. The van der Waals surface area contributed by atoms with E-state index in [1.807, 2.05) is 51.9 Å². The molecule has 5 heteroatoms. The van der Waals surface area contributed by atoms with Crippen molar-refractivity contribution in [3.63, 3.8) is 0 Å². The smallest absolute Gasteiger partial charge is 0.239 e. The van der Waals surface area contributed by atoms with E-state index >= 15 is 0 Å². The number of amides is 1. The highest BCUT2D eigenvalue weighted by molar-refractivity contribution is 5.81. The molecule has 128 valence electrons. The minimum absolute atomic E-state index is 0.0639. The van der Waals surface area contributed by atoms with Crippen molar-refractivity contribution in [3.8, 4) is 5.75 Å². The Morgan fingerprint density at radius 1 is 1.35 bits per heavy atom. The zero-order valence-corrected chi connectivity index (χ0v) is 15.0. The molecule has 1 atom stereocenters. The summed E-state index contributed by atoms with van der Waals surface area (Å²) in [7, 11) is 1.88. The normalized spacial score (nSPS) is 18.0. The molecular weight excluding hydrogens is 290 g/mol. The molecule has 1 aromatic rings. The lowest BCUT2D eigenvalue weighted by Gasteiger charge is -2.37. The van der Waals surface area contributed by atoms with E-state index in [9.17, 15) is 4.79 Å². The van der Waals surface area contributed by atoms with Crippen molar-refractivity contribution in [3.05, 3.63) is 24.0 Å². The molecule has 1 aliphatic heterocycles. The zero-order valence-electron chi connectivity index (χ0n) is 15.0. The molecule has 1 aliphatic rings. The first-order chi connectivity index (χ1) is 10.9. The van der Waals surface area contributed by atoms with Crippen LogP contribution in [0.15, 0.2) is 18.5 Å². The summed E-state index contributed by atoms with van der Waals surface area (Å²) in [6.45, 7) is 9.90. The van der Waals surface area contributed by atoms with Gasteiger partial charge in [-0.1, -0.05) is 0 Å². The quantitative estimate of drug-likeness (QED) is 0.836. The lowest BCUT2D eigenvalue weighted by Crippen LogP contribution is -2.51. The second-order valence-corrected chi connectivity index (χ2v) is 6.71. The molecule has 23 heavy (non-hydrogen) atoms. The molecule has 1 aromatic heterocycles. The van der Waals surface area contributed by atoms with Gasteiger partial charge in [-0.3, -0.25) is 14.7 Å². The molecule has 2 heterocycles. The second kappa shape index (κ2) is 7.77. The molecule has 0 aromatic carbocycles. The fourth-order valence-electron chi connectivity index (χ4n) is 2.86. The molecule has 1 fully saturated rings. The van der Waals surface area contributed by atoms with Crippen molar-refractivity contribution >= 4 is 5.91 Å². The fraction of sp³-hybridized carbons (Fsp3) is 0.667. The van der Waals surface area contributed by atoms with Gasteiger partial charge in [-0.05, 0) is 46.6 Å². The van der Waals surface area contributed by atoms with Crippen LogP contribution in [0.3, 0.4) is 0 Å². The number of piperidine rings is 1. The number of pyridine rings is 1. The van der Waals surface area contributed by atoms with E-state index in [2.05, 4.69) is 9.88 Å². The lowest BCUT2D eigenvalue weighted by molar-refractivity contribution is -0.137. The number of hydrogen-bond donors (Lipinski definition) is 0. The molecule has 1 unspecified atom stereocenters. The van der Waals surface area contributed by atoms with E-state index in [4.69, 9.17) is 4.74 Å². The maximum absolute atomic E-state index is 12.4. The van der Waals surface area contributed by atoms with Crippen LogP contribution in [-0.4, -0.2) is 59.0 Å². The Bertz CT molecular complexity index is 525. The number of carbonyl (C=O) groups excluding carboxylic acids is 1. The number of likely N-dealkylation sites (N-methyl/N-ethyl adjacent to an activating group) is 1. The molecule has 0 saturated carbocycles. The first-order valence-corrected chi connectivity index (χ1v) is 8.48. The molecule has 0 N–H and O–H groups in total. The number of likely N-dealkylation sites (tertiary alicyclic amines) is 1. The summed E-state index contributed by atoms with van der Waals surface area (Å²) < 4.78 is 6.10. The van der Waals surface area contributed by atoms with Crippen LogP contribution in [-0.2, 0) is 4.79 Å². The van der Waals surface area contributed by atoms with Crippen LogP contribution in [0.4, 0.5) is 0 Å². The van der Waals surface area contributed by atoms with Gasteiger partial charge in [-0.15, -0.1) is 0 Å². The van der Waals surface area contributed by atoms with Gasteiger partial charge in [0.25, 0.3) is 0 Å². The summed E-state index contributed by atoms with van der Waals surface area (Å²) in [4.78, 5) is 20.6. The van der Waals surface area contributed by atoms with Gasteiger partial charge in [0.05, 0.1) is 6.04 Å². The van der Waals surface area contributed by atoms with Crippen LogP contribution in [0.25, 0.3) is 0 Å². The van der Waals surface area contributed by atoms with Gasteiger partial charge in [0.1, 0.15) is 11.9 Å². The molecule has 1 amide bonds. The van der Waals surface area contributed by atoms with Crippen LogP contribution in [0.2, 0.25) is 0 Å². The molecule has 1 saturated heterocycles. The van der Waals surface area contributed by atoms with Crippen LogP contribution >= 0.6 is 0 Å². The lowest BCUT2D eigenvalue weighted by atomic mass is 10.0. The van der Waals surface area contributed by atoms with E-state index in [0.717, 1.165) is 37.2 Å². The Kier molecular flexibility index (Phi) is 5.99. The van der Waals surface area contributed by atoms with Crippen molar-refractivity contribution in [1.82, 2.24) is 14.8 Å². The van der Waals surface area contributed by atoms with Gasteiger partial charge in [0.15, 0.2) is 0 Å². The van der Waals surface area contributed by atoms with Gasteiger partial charge in [-0.25, -0.2) is 0 Å². The fourth-order valence-corrected chi connectivity index (χ4v) is 2.86. The van der Waals surface area contributed by atoms with Crippen LogP contribution < -0.4 is 4.74 Å². The Morgan fingerprint density at radius 3 is 2.57 bits per heavy atom. The molecule has 5 nitrogen and oxygen atoms in total. The van der Waals surface area contributed by atoms with Crippen molar-refractivity contribution < 1.29 is 9.53 Å². The summed E-state index contributed by atoms with van der Waals surface area (Å²) in [6, 6.07) is 2.09. The SMILES string of the molecule is Cc1cnccc1OC1CCN(C(C)C(=O)N(C)C(C)C)CC1. The maximum Gasteiger partial charge on any atom is 0.239 e. The summed E-state index contributed by atoms with van der Waals surface area (Å²) in [6.07, 6.45) is 5.71.